The fraction of sp³-hybridized carbons (Fsp3) is 0.667. The van der Waals surface area contributed by atoms with Crippen LogP contribution in [0.1, 0.15) is 79.1 Å². The Labute approximate surface area is 183 Å². The van der Waals surface area contributed by atoms with E-state index in [2.05, 4.69) is 52.9 Å². The summed E-state index contributed by atoms with van der Waals surface area (Å²) in [6.45, 7) is 14.7. The van der Waals surface area contributed by atoms with E-state index in [1.165, 1.54) is 51.4 Å². The van der Waals surface area contributed by atoms with E-state index < -0.39 is 26.8 Å². The molecule has 0 unspecified atom stereocenters. The molecule has 0 atom stereocenters. The maximum absolute atomic E-state index is 7.00. The van der Waals surface area contributed by atoms with Gasteiger partial charge in [-0.1, -0.05) is 0 Å². The summed E-state index contributed by atoms with van der Waals surface area (Å²) in [7, 11) is 2.00. The minimum Gasteiger partial charge on any atom is -0.400 e. The average Bonchev–Trinajstić information content (AvgIpc) is 3.25. The Hall–Kier alpha value is -0.0200. The predicted molar refractivity (Wildman–Crippen MR) is 125 cm³/mol. The maximum atomic E-state index is 7.00. The van der Waals surface area contributed by atoms with Crippen molar-refractivity contribution in [3.63, 3.8) is 0 Å². The monoisotopic (exact) mass is 483 g/mol. The summed E-state index contributed by atoms with van der Waals surface area (Å²) in [5, 5.41) is 14.0. The molecule has 0 spiro atoms. The van der Waals surface area contributed by atoms with Gasteiger partial charge in [0.05, 0.1) is 0 Å². The molecule has 0 aromatic carbocycles. The fourth-order valence-corrected chi connectivity index (χ4v) is 25.1. The number of hydrogen-bond donors (Lipinski definition) is 2. The van der Waals surface area contributed by atoms with Crippen LogP contribution in [0.15, 0.2) is 41.0 Å². The van der Waals surface area contributed by atoms with Gasteiger partial charge in [0.25, 0.3) is 0 Å². The van der Waals surface area contributed by atoms with E-state index >= 15 is 0 Å². The molecule has 4 heteroatoms. The molecule has 0 saturated heterocycles. The second-order valence-corrected chi connectivity index (χ2v) is 27.1. The summed E-state index contributed by atoms with van der Waals surface area (Å²) < 4.78 is 4.02. The Kier molecular flexibility index (Phi) is 15.8. The van der Waals surface area contributed by atoms with E-state index in [1.807, 2.05) is 17.7 Å². The zero-order valence-electron chi connectivity index (χ0n) is 19.8. The Morgan fingerprint density at radius 3 is 1.43 bits per heavy atom. The van der Waals surface area contributed by atoms with Crippen molar-refractivity contribution in [2.45, 2.75) is 92.2 Å². The van der Waals surface area contributed by atoms with E-state index in [0.29, 0.717) is 0 Å². The summed E-state index contributed by atoms with van der Waals surface area (Å²) in [5.41, 5.74) is 6.90. The van der Waals surface area contributed by atoms with Crippen molar-refractivity contribution in [2.24, 2.45) is 0 Å². The number of hydrogen-bond acceptors (Lipinski definition) is 2. The smallest absolute Gasteiger partial charge is 0.0319 e. The Bertz CT molecular complexity index is 537. The van der Waals surface area contributed by atoms with Crippen LogP contribution >= 0.6 is 0 Å². The fourth-order valence-electron chi connectivity index (χ4n) is 4.31. The van der Waals surface area contributed by atoms with Crippen molar-refractivity contribution in [3.8, 4) is 0 Å². The number of aliphatic hydroxyl groups excluding tert-OH is 2. The van der Waals surface area contributed by atoms with Crippen LogP contribution in [0.5, 0.6) is 0 Å². The van der Waals surface area contributed by atoms with Crippen LogP contribution in [0.2, 0.25) is 13.1 Å². The Morgan fingerprint density at radius 1 is 0.786 bits per heavy atom. The second-order valence-electron chi connectivity index (χ2n) is 7.87. The first-order valence-corrected chi connectivity index (χ1v) is 20.7. The topological polar surface area (TPSA) is 40.5 Å². The SMILES string of the molecule is CCCCC1=[C]([Zr]([C]2=C(CCCC)C(C)=CC2)[SiH](C)C)CC=C1C.CO.CO. The van der Waals surface area contributed by atoms with E-state index in [1.54, 1.807) is 11.1 Å². The Balaban J connectivity index is 0.00000171. The molecule has 2 nitrogen and oxygen atoms in total. The summed E-state index contributed by atoms with van der Waals surface area (Å²) in [6, 6.07) is 0. The van der Waals surface area contributed by atoms with Crippen LogP contribution in [0, 0.1) is 0 Å². The molecule has 0 bridgehead atoms. The van der Waals surface area contributed by atoms with Gasteiger partial charge >= 0.3 is 160 Å². The molecule has 0 aliphatic heterocycles. The first-order chi connectivity index (χ1) is 13.5. The van der Waals surface area contributed by atoms with E-state index in [4.69, 9.17) is 10.2 Å². The van der Waals surface area contributed by atoms with Gasteiger partial charge in [0.15, 0.2) is 0 Å². The van der Waals surface area contributed by atoms with Crippen molar-refractivity contribution >= 4 is 5.92 Å². The number of unbranched alkanes of at least 4 members (excludes halogenated alkanes) is 2. The van der Waals surface area contributed by atoms with Gasteiger partial charge in [-0.3, -0.25) is 0 Å². The molecule has 2 aliphatic carbocycles. The Morgan fingerprint density at radius 2 is 1.14 bits per heavy atom. The molecule has 2 rings (SSSR count). The normalized spacial score (nSPS) is 15.8. The van der Waals surface area contributed by atoms with Gasteiger partial charge < -0.3 is 10.2 Å². The molecule has 28 heavy (non-hydrogen) atoms. The van der Waals surface area contributed by atoms with Gasteiger partial charge in [0, 0.05) is 14.2 Å². The third kappa shape index (κ3) is 7.67. The van der Waals surface area contributed by atoms with Crippen LogP contribution in [0.25, 0.3) is 0 Å². The first kappa shape index (κ1) is 28.0. The number of aliphatic hydroxyl groups is 2. The number of allylic oxidation sites excluding steroid dienone is 8. The van der Waals surface area contributed by atoms with Crippen molar-refractivity contribution in [1.29, 1.82) is 0 Å². The largest absolute Gasteiger partial charge is 0.400 e. The zero-order valence-corrected chi connectivity index (χ0v) is 23.4. The van der Waals surface area contributed by atoms with Gasteiger partial charge in [0.2, 0.25) is 0 Å². The minimum absolute atomic E-state index is 0.577. The molecular weight excluding hydrogens is 440 g/mol. The predicted octanol–water partition coefficient (Wildman–Crippen LogP) is 6.39. The summed E-state index contributed by atoms with van der Waals surface area (Å²) in [4.78, 5) is 0. The van der Waals surface area contributed by atoms with Gasteiger partial charge in [-0.05, 0) is 0 Å². The molecular formula is C24H45O2SiZr. The summed E-state index contributed by atoms with van der Waals surface area (Å²) in [5.74, 6) is -0.577. The van der Waals surface area contributed by atoms with Gasteiger partial charge in [-0.2, -0.15) is 0 Å². The minimum atomic E-state index is -1.60. The van der Waals surface area contributed by atoms with Crippen molar-refractivity contribution < 1.29 is 31.1 Å². The van der Waals surface area contributed by atoms with Gasteiger partial charge in [-0.25, -0.2) is 0 Å². The molecule has 0 radical (unpaired) electrons. The maximum Gasteiger partial charge on any atom is 0.0319 e. The molecule has 161 valence electrons. The third-order valence-electron chi connectivity index (χ3n) is 5.69. The zero-order chi connectivity index (χ0) is 21.7. The van der Waals surface area contributed by atoms with Gasteiger partial charge in [-0.15, -0.1) is 0 Å². The quantitative estimate of drug-likeness (QED) is 0.372. The van der Waals surface area contributed by atoms with Crippen LogP contribution in [0.3, 0.4) is 0 Å². The second kappa shape index (κ2) is 15.8. The molecule has 0 aromatic rings. The van der Waals surface area contributed by atoms with Crippen molar-refractivity contribution in [1.82, 2.24) is 0 Å². The van der Waals surface area contributed by atoms with E-state index in [9.17, 15) is 0 Å². The standard InChI is InChI=1S/2C10H15.C2H7Si.2CH4O.Zr/c2*1-3-4-7-10-8-5-6-9(10)2;1-3-2;2*1-2;/h2*6H,3-5,7H2,1-2H3;3H,1-2H3;2*2H,1H3;. The molecule has 0 aromatic heterocycles. The molecule has 2 aliphatic rings. The van der Waals surface area contributed by atoms with Crippen molar-refractivity contribution in [2.75, 3.05) is 14.2 Å². The van der Waals surface area contributed by atoms with Crippen LogP contribution in [-0.2, 0) is 20.9 Å². The summed E-state index contributed by atoms with van der Waals surface area (Å²) in [6.07, 6.45) is 15.8. The molecule has 0 amide bonds. The van der Waals surface area contributed by atoms with E-state index in [-0.39, 0.29) is 0 Å². The molecule has 0 heterocycles. The average molecular weight is 485 g/mol. The molecule has 2 N–H and O–H groups in total. The van der Waals surface area contributed by atoms with Crippen LogP contribution in [0.4, 0.5) is 0 Å². The van der Waals surface area contributed by atoms with Crippen LogP contribution < -0.4 is 0 Å². The van der Waals surface area contributed by atoms with Gasteiger partial charge in [0.1, 0.15) is 0 Å². The summed E-state index contributed by atoms with van der Waals surface area (Å²) >= 11 is -1.60. The molecule has 0 fully saturated rings. The van der Waals surface area contributed by atoms with E-state index in [0.717, 1.165) is 14.2 Å². The third-order valence-corrected chi connectivity index (χ3v) is 25.2. The molecule has 0 saturated carbocycles. The van der Waals surface area contributed by atoms with Crippen LogP contribution in [-0.4, -0.2) is 30.4 Å². The van der Waals surface area contributed by atoms with Crippen molar-refractivity contribution in [3.05, 3.63) is 41.0 Å². The first-order valence-electron chi connectivity index (χ1n) is 11.1. The number of rotatable bonds is 9.